The smallest absolute Gasteiger partial charge is 0.420 e. The Labute approximate surface area is 264 Å². The number of aromatic nitrogens is 2. The molecule has 1 unspecified atom stereocenters. The first-order chi connectivity index (χ1) is 22.1. The van der Waals surface area contributed by atoms with Crippen LogP contribution in [-0.2, 0) is 17.4 Å². The molecule has 1 aromatic carbocycles. The molecule has 246 valence electrons. The first-order valence-electron chi connectivity index (χ1n) is 15.8. The molecule has 46 heavy (non-hydrogen) atoms. The van der Waals surface area contributed by atoms with Crippen molar-refractivity contribution < 1.29 is 36.7 Å². The van der Waals surface area contributed by atoms with Gasteiger partial charge in [0.05, 0.1) is 0 Å². The van der Waals surface area contributed by atoms with Crippen LogP contribution in [0.2, 0.25) is 0 Å². The van der Waals surface area contributed by atoms with E-state index in [1.807, 2.05) is 4.90 Å². The molecule has 2 aliphatic heterocycles. The van der Waals surface area contributed by atoms with Crippen molar-refractivity contribution in [3.8, 4) is 0 Å². The van der Waals surface area contributed by atoms with Gasteiger partial charge in [-0.05, 0) is 54.5 Å². The quantitative estimate of drug-likeness (QED) is 0.263. The van der Waals surface area contributed by atoms with E-state index in [9.17, 15) is 32.3 Å². The zero-order valence-electron chi connectivity index (χ0n) is 25.4. The fourth-order valence-corrected chi connectivity index (χ4v) is 6.76. The van der Waals surface area contributed by atoms with Crippen LogP contribution in [0, 0.1) is 11.7 Å². The molecule has 1 saturated carbocycles. The highest BCUT2D eigenvalue weighted by molar-refractivity contribution is 5.96. The molecule has 9 nitrogen and oxygen atoms in total. The van der Waals surface area contributed by atoms with Gasteiger partial charge in [0.25, 0.3) is 11.9 Å². The number of hydrogen-bond donors (Lipinski definition) is 1. The molecule has 1 aliphatic carbocycles. The number of hydrogen-bond acceptors (Lipinski definition) is 8. The Balaban J connectivity index is 1.07. The summed E-state index contributed by atoms with van der Waals surface area (Å²) < 4.78 is 60.9. The van der Waals surface area contributed by atoms with E-state index in [0.29, 0.717) is 50.5 Å². The maximum Gasteiger partial charge on any atom is 0.437 e. The number of nitrogens with zero attached hydrogens (tertiary/aromatic N) is 5. The van der Waals surface area contributed by atoms with Gasteiger partial charge in [0.15, 0.2) is 5.69 Å². The van der Waals surface area contributed by atoms with Crippen LogP contribution >= 0.6 is 0 Å². The van der Waals surface area contributed by atoms with Crippen molar-refractivity contribution in [1.82, 2.24) is 14.9 Å². The van der Waals surface area contributed by atoms with Gasteiger partial charge in [-0.1, -0.05) is 37.5 Å². The number of benzene rings is 1. The summed E-state index contributed by atoms with van der Waals surface area (Å²) >= 11 is 0. The third-order valence-electron chi connectivity index (χ3n) is 9.35. The Kier molecular flexibility index (Phi) is 9.30. The van der Waals surface area contributed by atoms with Gasteiger partial charge in [-0.2, -0.15) is 18.2 Å². The van der Waals surface area contributed by atoms with Crippen LogP contribution in [-0.4, -0.2) is 77.0 Å². The van der Waals surface area contributed by atoms with Crippen LogP contribution in [0.15, 0.2) is 47.0 Å². The number of oxazole rings is 1. The first-order valence-corrected chi connectivity index (χ1v) is 15.8. The summed E-state index contributed by atoms with van der Waals surface area (Å²) in [6.45, 7) is 2.55. The minimum Gasteiger partial charge on any atom is -0.420 e. The second-order valence-electron chi connectivity index (χ2n) is 12.4. The highest BCUT2D eigenvalue weighted by atomic mass is 19.4. The van der Waals surface area contributed by atoms with Gasteiger partial charge in [-0.25, -0.2) is 9.37 Å². The normalized spacial score (nSPS) is 20.3. The van der Waals surface area contributed by atoms with Gasteiger partial charge < -0.3 is 24.2 Å². The average Bonchev–Trinajstić information content (AvgIpc) is 3.74. The lowest BCUT2D eigenvalue weighted by atomic mass is 9.85. The summed E-state index contributed by atoms with van der Waals surface area (Å²) in [5, 5.41) is 10.6. The summed E-state index contributed by atoms with van der Waals surface area (Å²) in [4.78, 5) is 39.3. The molecular weight excluding hydrogens is 606 g/mol. The van der Waals surface area contributed by atoms with Gasteiger partial charge in [-0.15, -0.1) is 0 Å². The highest BCUT2D eigenvalue weighted by Crippen LogP contribution is 2.37. The van der Waals surface area contributed by atoms with E-state index in [2.05, 4.69) is 9.97 Å². The molecule has 4 heterocycles. The molecule has 0 bridgehead atoms. The SMILES string of the molecule is O=C(Cc1ccc(N2CCN(C(=O)[C@H](O)C3CCCCC3)CC2)nc1)c1oc(N2CCC(c3cccc(F)c3)C2)nc1C(F)(F)F. The van der Waals surface area contributed by atoms with Gasteiger partial charge in [-0.3, -0.25) is 9.59 Å². The lowest BCUT2D eigenvalue weighted by Crippen LogP contribution is -2.53. The maximum absolute atomic E-state index is 13.9. The van der Waals surface area contributed by atoms with Crippen LogP contribution in [0.5, 0.6) is 0 Å². The van der Waals surface area contributed by atoms with Gasteiger partial charge in [0.1, 0.15) is 17.7 Å². The van der Waals surface area contributed by atoms with E-state index in [0.717, 1.165) is 37.7 Å². The van der Waals surface area contributed by atoms with Crippen LogP contribution in [0.3, 0.4) is 0 Å². The van der Waals surface area contributed by atoms with E-state index in [-0.39, 0.29) is 42.5 Å². The van der Waals surface area contributed by atoms with Crippen molar-refractivity contribution in [3.63, 3.8) is 0 Å². The summed E-state index contributed by atoms with van der Waals surface area (Å²) in [6, 6.07) is 9.15. The molecule has 13 heteroatoms. The molecule has 0 radical (unpaired) electrons. The number of halogens is 4. The minimum absolute atomic E-state index is 0.0197. The number of rotatable bonds is 8. The predicted molar refractivity (Wildman–Crippen MR) is 161 cm³/mol. The Morgan fingerprint density at radius 1 is 0.978 bits per heavy atom. The Morgan fingerprint density at radius 2 is 1.74 bits per heavy atom. The number of pyridine rings is 1. The molecule has 3 aliphatic rings. The minimum atomic E-state index is -4.90. The van der Waals surface area contributed by atoms with Crippen molar-refractivity contribution in [2.45, 2.75) is 63.1 Å². The molecule has 3 aromatic rings. The van der Waals surface area contributed by atoms with E-state index in [4.69, 9.17) is 4.42 Å². The molecule has 2 aromatic heterocycles. The standard InChI is InChI=1S/C33H37F4N5O4/c34-25-8-4-7-23(18-25)24-11-12-42(20-24)32-39-30(33(35,36)37)29(46-32)26(43)17-21-9-10-27(38-19-21)40-13-15-41(16-14-40)31(45)28(44)22-5-2-1-3-6-22/h4,7-10,18-19,22,24,28,44H,1-3,5-6,11-17,20H2/t24?,28-/m1/s1. The van der Waals surface area contributed by atoms with E-state index in [1.165, 1.54) is 18.3 Å². The fraction of sp³-hybridized carbons (Fsp3) is 0.515. The number of aliphatic hydroxyl groups is 1. The van der Waals surface area contributed by atoms with Crippen LogP contribution in [0.25, 0.3) is 0 Å². The molecule has 1 amide bonds. The number of carbonyl (C=O) groups is 2. The number of amides is 1. The number of aliphatic hydroxyl groups excluding tert-OH is 1. The zero-order valence-corrected chi connectivity index (χ0v) is 25.4. The van der Waals surface area contributed by atoms with E-state index >= 15 is 0 Å². The number of carbonyl (C=O) groups excluding carboxylic acids is 2. The van der Waals surface area contributed by atoms with Crippen molar-refractivity contribution >= 4 is 23.5 Å². The van der Waals surface area contributed by atoms with Crippen molar-refractivity contribution in [2.75, 3.05) is 49.1 Å². The lowest BCUT2D eigenvalue weighted by molar-refractivity contribution is -0.144. The molecule has 2 saturated heterocycles. The topological polar surface area (TPSA) is 103 Å². The van der Waals surface area contributed by atoms with E-state index < -0.39 is 29.5 Å². The average molecular weight is 644 g/mol. The summed E-state index contributed by atoms with van der Waals surface area (Å²) in [5.41, 5.74) is -0.218. The third-order valence-corrected chi connectivity index (χ3v) is 9.35. The van der Waals surface area contributed by atoms with Gasteiger partial charge >= 0.3 is 6.18 Å². The van der Waals surface area contributed by atoms with Crippen molar-refractivity contribution in [1.29, 1.82) is 0 Å². The third kappa shape index (κ3) is 7.03. The Bertz CT molecular complexity index is 1530. The Morgan fingerprint density at radius 3 is 2.41 bits per heavy atom. The number of ketones is 1. The van der Waals surface area contributed by atoms with Crippen LogP contribution in [0.1, 0.15) is 71.8 Å². The number of anilines is 2. The number of Topliss-reactive ketones (excluding diaryl/α,β-unsaturated/α-hetero) is 1. The zero-order chi connectivity index (χ0) is 32.4. The number of piperazine rings is 1. The van der Waals surface area contributed by atoms with Gasteiger partial charge in [0.2, 0.25) is 11.5 Å². The van der Waals surface area contributed by atoms with Crippen LogP contribution < -0.4 is 9.80 Å². The summed E-state index contributed by atoms with van der Waals surface area (Å²) in [7, 11) is 0. The maximum atomic E-state index is 13.9. The molecule has 0 spiro atoms. The molecule has 1 N–H and O–H groups in total. The molecule has 2 atom stereocenters. The number of alkyl halides is 3. The second kappa shape index (κ2) is 13.4. The van der Waals surface area contributed by atoms with Crippen molar-refractivity contribution in [2.24, 2.45) is 5.92 Å². The summed E-state index contributed by atoms with van der Waals surface area (Å²) in [6.07, 6.45) is 0.765. The highest BCUT2D eigenvalue weighted by Gasteiger charge is 2.42. The first kappa shape index (κ1) is 32.0. The Hall–Kier alpha value is -4.00. The lowest BCUT2D eigenvalue weighted by Gasteiger charge is -2.37. The fourth-order valence-electron chi connectivity index (χ4n) is 6.76. The second-order valence-corrected chi connectivity index (χ2v) is 12.4. The van der Waals surface area contributed by atoms with Gasteiger partial charge in [0, 0.05) is 57.8 Å². The van der Waals surface area contributed by atoms with E-state index in [1.54, 1.807) is 34.1 Å². The molecular formula is C33H37F4N5O4. The molecule has 6 rings (SSSR count). The predicted octanol–water partition coefficient (Wildman–Crippen LogP) is 5.24. The molecule has 3 fully saturated rings. The van der Waals surface area contributed by atoms with Crippen molar-refractivity contribution in [3.05, 3.63) is 71.0 Å². The monoisotopic (exact) mass is 643 g/mol. The summed E-state index contributed by atoms with van der Waals surface area (Å²) in [5.74, 6) is -1.80. The van der Waals surface area contributed by atoms with Crippen LogP contribution in [0.4, 0.5) is 29.4 Å². The largest absolute Gasteiger partial charge is 0.437 e.